The van der Waals surface area contributed by atoms with Gasteiger partial charge in [0.2, 0.25) is 0 Å². The maximum atomic E-state index is 11.8. The molecule has 0 N–H and O–H groups in total. The zero-order chi connectivity index (χ0) is 20.1. The van der Waals surface area contributed by atoms with Crippen LogP contribution in [0.15, 0.2) is 24.3 Å². The van der Waals surface area contributed by atoms with Gasteiger partial charge in [-0.1, -0.05) is 0 Å². The molecule has 0 aromatic carbocycles. The van der Waals surface area contributed by atoms with Crippen LogP contribution in [0.2, 0.25) is 0 Å². The van der Waals surface area contributed by atoms with Crippen LogP contribution in [0, 0.1) is 0 Å². The summed E-state index contributed by atoms with van der Waals surface area (Å²) < 4.78 is 29.0. The summed E-state index contributed by atoms with van der Waals surface area (Å²) in [5, 5.41) is 0. The van der Waals surface area contributed by atoms with E-state index in [2.05, 4.69) is 9.47 Å². The first-order valence-electron chi connectivity index (χ1n) is 7.72. The summed E-state index contributed by atoms with van der Waals surface area (Å²) >= 11 is 0. The third-order valence-corrected chi connectivity index (χ3v) is 2.98. The fourth-order valence-corrected chi connectivity index (χ4v) is 1.78. The van der Waals surface area contributed by atoms with E-state index in [0.29, 0.717) is 0 Å². The molecule has 11 heteroatoms. The average Bonchev–Trinajstić information content (AvgIpc) is 2.68. The lowest BCUT2D eigenvalue weighted by molar-refractivity contribution is -0.194. The normalized spacial score (nSPS) is 16.1. The predicted octanol–water partition coefficient (Wildman–Crippen LogP) is -0.879. The van der Waals surface area contributed by atoms with Crippen LogP contribution in [-0.2, 0) is 47.6 Å². The van der Waals surface area contributed by atoms with Crippen LogP contribution in [0.25, 0.3) is 0 Å². The monoisotopic (exact) mass is 387 g/mol. The fraction of sp³-hybridized carbons (Fsp3) is 0.500. The number of esters is 4. The van der Waals surface area contributed by atoms with Gasteiger partial charge in [-0.15, -0.1) is 0 Å². The second-order valence-corrected chi connectivity index (χ2v) is 5.04. The predicted molar refractivity (Wildman–Crippen MR) is 86.6 cm³/mol. The minimum absolute atomic E-state index is 0.145. The smallest absolute Gasteiger partial charge is 0.331 e. The van der Waals surface area contributed by atoms with Gasteiger partial charge in [-0.2, -0.15) is 0 Å². The second-order valence-electron chi connectivity index (χ2n) is 5.04. The first kappa shape index (κ1) is 22.3. The Bertz CT molecular complexity index is 580. The molecule has 0 saturated carbocycles. The second kappa shape index (κ2) is 12.6. The Hall–Kier alpha value is -2.76. The molecule has 0 aliphatic carbocycles. The van der Waals surface area contributed by atoms with Crippen LogP contribution in [0.3, 0.4) is 0 Å². The van der Waals surface area contributed by atoms with Gasteiger partial charge in [0.1, 0.15) is 33.0 Å². The van der Waals surface area contributed by atoms with Gasteiger partial charge in [0, 0.05) is 30.8 Å². The molecule has 1 fully saturated rings. The molecule has 0 spiro atoms. The summed E-state index contributed by atoms with van der Waals surface area (Å²) in [4.78, 5) is 47.0. The zero-order valence-corrected chi connectivity index (χ0v) is 15.0. The van der Waals surface area contributed by atoms with E-state index in [0.717, 1.165) is 31.4 Å². The van der Waals surface area contributed by atoms with Gasteiger partial charge < -0.3 is 28.4 Å². The van der Waals surface area contributed by atoms with Crippen LogP contribution >= 0.6 is 0 Å². The Balaban J connectivity index is 2.60. The summed E-state index contributed by atoms with van der Waals surface area (Å²) in [7, 11) is 2.33. The highest BCUT2D eigenvalue weighted by molar-refractivity contribution is 5.92. The topological polar surface area (TPSA) is 127 Å². The summed E-state index contributed by atoms with van der Waals surface area (Å²) in [6.45, 7) is 0.477. The van der Waals surface area contributed by atoms with E-state index in [4.69, 9.17) is 18.9 Å². The Morgan fingerprint density at radius 1 is 0.889 bits per heavy atom. The highest BCUT2D eigenvalue weighted by atomic mass is 16.7. The third-order valence-electron chi connectivity index (χ3n) is 2.98. The average molecular weight is 387 g/mol. The van der Waals surface area contributed by atoms with Gasteiger partial charge in [0.05, 0.1) is 14.2 Å². The molecule has 0 aromatic rings. The summed E-state index contributed by atoms with van der Waals surface area (Å²) in [5.41, 5.74) is 0. The molecule has 1 unspecified atom stereocenters. The fourth-order valence-electron chi connectivity index (χ4n) is 1.78. The molecule has 0 radical (unpaired) electrons. The SMILES string of the molecule is COC(=O)/C=C/C(=O)OCC(CN1COCOC1)OC(=O)/C=C/C(=O)OC. The van der Waals surface area contributed by atoms with Crippen molar-refractivity contribution in [2.75, 3.05) is 47.6 Å². The Morgan fingerprint density at radius 2 is 1.41 bits per heavy atom. The number of nitrogens with zero attached hydrogens (tertiary/aromatic N) is 1. The zero-order valence-electron chi connectivity index (χ0n) is 15.0. The Kier molecular flexibility index (Phi) is 10.4. The van der Waals surface area contributed by atoms with E-state index in [-0.39, 0.29) is 33.4 Å². The molecule has 1 heterocycles. The van der Waals surface area contributed by atoms with Crippen molar-refractivity contribution in [3.63, 3.8) is 0 Å². The van der Waals surface area contributed by atoms with Crippen molar-refractivity contribution in [3.05, 3.63) is 24.3 Å². The maximum absolute atomic E-state index is 11.8. The van der Waals surface area contributed by atoms with E-state index in [1.54, 1.807) is 4.90 Å². The van der Waals surface area contributed by atoms with Gasteiger partial charge in [-0.05, 0) is 0 Å². The Labute approximate surface area is 155 Å². The van der Waals surface area contributed by atoms with E-state index >= 15 is 0 Å². The molecule has 150 valence electrons. The van der Waals surface area contributed by atoms with E-state index in [1.165, 1.54) is 7.11 Å². The van der Waals surface area contributed by atoms with E-state index in [9.17, 15) is 19.2 Å². The molecule has 1 atom stereocenters. The highest BCUT2D eigenvalue weighted by Gasteiger charge is 2.21. The summed E-state index contributed by atoms with van der Waals surface area (Å²) in [5.74, 6) is -3.09. The number of hydrogen-bond acceptors (Lipinski definition) is 11. The molecule has 0 bridgehead atoms. The molecule has 1 aliphatic rings. The largest absolute Gasteiger partial charge is 0.466 e. The summed E-state index contributed by atoms with van der Waals surface area (Å²) in [6, 6.07) is 0. The molecule has 1 rings (SSSR count). The molecule has 1 aliphatic heterocycles. The first-order valence-corrected chi connectivity index (χ1v) is 7.72. The molecule has 0 aromatic heterocycles. The maximum Gasteiger partial charge on any atom is 0.331 e. The molecule has 27 heavy (non-hydrogen) atoms. The van der Waals surface area contributed by atoms with Crippen LogP contribution in [0.1, 0.15) is 0 Å². The van der Waals surface area contributed by atoms with Gasteiger partial charge >= 0.3 is 23.9 Å². The first-order chi connectivity index (χ1) is 12.9. The van der Waals surface area contributed by atoms with Gasteiger partial charge in [0.25, 0.3) is 0 Å². The molecule has 11 nitrogen and oxygen atoms in total. The lowest BCUT2D eigenvalue weighted by Crippen LogP contribution is -2.43. The van der Waals surface area contributed by atoms with Crippen molar-refractivity contribution in [1.29, 1.82) is 0 Å². The van der Waals surface area contributed by atoms with E-state index in [1.807, 2.05) is 0 Å². The van der Waals surface area contributed by atoms with Crippen molar-refractivity contribution in [2.24, 2.45) is 0 Å². The van der Waals surface area contributed by atoms with Crippen molar-refractivity contribution >= 4 is 23.9 Å². The van der Waals surface area contributed by atoms with Crippen molar-refractivity contribution in [2.45, 2.75) is 6.10 Å². The van der Waals surface area contributed by atoms with Crippen LogP contribution in [0.5, 0.6) is 0 Å². The van der Waals surface area contributed by atoms with Gasteiger partial charge in [0.15, 0.2) is 0 Å². The minimum Gasteiger partial charge on any atom is -0.466 e. The highest BCUT2D eigenvalue weighted by Crippen LogP contribution is 2.05. The minimum atomic E-state index is -0.874. The number of ether oxygens (including phenoxy) is 6. The molecule has 0 amide bonds. The number of carbonyl (C=O) groups is 4. The van der Waals surface area contributed by atoms with Crippen molar-refractivity contribution in [3.8, 4) is 0 Å². The lowest BCUT2D eigenvalue weighted by atomic mass is 10.3. The number of carbonyl (C=O) groups excluding carboxylic acids is 4. The Morgan fingerprint density at radius 3 is 1.96 bits per heavy atom. The summed E-state index contributed by atoms with van der Waals surface area (Å²) in [6.07, 6.45) is 2.70. The number of methoxy groups -OCH3 is 2. The van der Waals surface area contributed by atoms with Crippen molar-refractivity contribution < 1.29 is 47.6 Å². The number of rotatable bonds is 9. The molecular weight excluding hydrogens is 366 g/mol. The van der Waals surface area contributed by atoms with Crippen molar-refractivity contribution in [1.82, 2.24) is 4.90 Å². The van der Waals surface area contributed by atoms with Gasteiger partial charge in [-0.3, -0.25) is 4.90 Å². The van der Waals surface area contributed by atoms with E-state index < -0.39 is 30.0 Å². The molecular formula is C16H21NO10. The van der Waals surface area contributed by atoms with Crippen LogP contribution < -0.4 is 0 Å². The quantitative estimate of drug-likeness (QED) is 0.278. The molecule has 1 saturated heterocycles. The lowest BCUT2D eigenvalue weighted by Gasteiger charge is -2.29. The standard InChI is InChI=1S/C16H21NO10/c1-22-13(18)3-5-15(20)26-8-12(7-17-9-24-11-25-10-17)27-16(21)6-4-14(19)23-2/h3-6,12H,7-11H2,1-2H3/b5-3+,6-4+. The van der Waals surface area contributed by atoms with Crippen LogP contribution in [-0.4, -0.2) is 82.5 Å². The van der Waals surface area contributed by atoms with Crippen LogP contribution in [0.4, 0.5) is 0 Å². The number of hydrogen-bond donors (Lipinski definition) is 0. The third kappa shape index (κ3) is 10.1. The van der Waals surface area contributed by atoms with Gasteiger partial charge in [-0.25, -0.2) is 19.2 Å².